The van der Waals surface area contributed by atoms with E-state index in [9.17, 15) is 4.79 Å². The summed E-state index contributed by atoms with van der Waals surface area (Å²) in [4.78, 5) is 23.0. The molecule has 0 saturated carbocycles. The van der Waals surface area contributed by atoms with E-state index in [0.29, 0.717) is 18.8 Å². The van der Waals surface area contributed by atoms with Gasteiger partial charge >= 0.3 is 5.97 Å². The topological polar surface area (TPSA) is 69.5 Å². The lowest BCUT2D eigenvalue weighted by Gasteiger charge is -2.34. The van der Waals surface area contributed by atoms with E-state index >= 15 is 0 Å². The molecule has 3 aromatic rings. The molecule has 2 aliphatic heterocycles. The van der Waals surface area contributed by atoms with Gasteiger partial charge in [-0.25, -0.2) is 14.8 Å². The molecule has 0 aliphatic carbocycles. The molecule has 4 heterocycles. The third kappa shape index (κ3) is 3.51. The summed E-state index contributed by atoms with van der Waals surface area (Å²) in [5.41, 5.74) is 6.06. The van der Waals surface area contributed by atoms with Crippen LogP contribution in [-0.2, 0) is 22.6 Å². The maximum Gasteiger partial charge on any atom is 0.338 e. The Balaban J connectivity index is 1.29. The molecule has 30 heavy (non-hydrogen) atoms. The monoisotopic (exact) mass is 404 g/mol. The summed E-state index contributed by atoms with van der Waals surface area (Å²) in [6, 6.07) is 8.02. The highest BCUT2D eigenvalue weighted by Crippen LogP contribution is 2.32. The van der Waals surface area contributed by atoms with E-state index in [0.717, 1.165) is 47.8 Å². The third-order valence-corrected chi connectivity index (χ3v) is 5.90. The Kier molecular flexibility index (Phi) is 4.84. The summed E-state index contributed by atoms with van der Waals surface area (Å²) in [6.07, 6.45) is 5.66. The molecule has 154 valence electrons. The molecule has 0 N–H and O–H groups in total. The Morgan fingerprint density at radius 2 is 2.07 bits per heavy atom. The number of esters is 1. The lowest BCUT2D eigenvalue weighted by atomic mass is 9.94. The van der Waals surface area contributed by atoms with Crippen LogP contribution in [0.2, 0.25) is 0 Å². The number of carbonyl (C=O) groups is 1. The maximum absolute atomic E-state index is 11.8. The second kappa shape index (κ2) is 7.66. The zero-order valence-corrected chi connectivity index (χ0v) is 17.2. The summed E-state index contributed by atoms with van der Waals surface area (Å²) < 4.78 is 13.2. The zero-order valence-electron chi connectivity index (χ0n) is 17.2. The Morgan fingerprint density at radius 3 is 2.83 bits per heavy atom. The van der Waals surface area contributed by atoms with Crippen molar-refractivity contribution in [1.82, 2.24) is 19.4 Å². The molecule has 1 saturated heterocycles. The number of carbonyl (C=O) groups excluding carboxylic acids is 1. The minimum absolute atomic E-state index is 0.0130. The van der Waals surface area contributed by atoms with Crippen LogP contribution >= 0.6 is 0 Å². The van der Waals surface area contributed by atoms with Gasteiger partial charge in [-0.3, -0.25) is 9.47 Å². The average Bonchev–Trinajstić information content (AvgIpc) is 3.35. The molecule has 0 radical (unpaired) electrons. The number of hydrogen-bond acceptors (Lipinski definition) is 6. The smallest absolute Gasteiger partial charge is 0.338 e. The number of pyridine rings is 1. The van der Waals surface area contributed by atoms with Crippen LogP contribution in [0.25, 0.3) is 5.82 Å². The number of cyclic esters (lactones) is 1. The molecule has 1 atom stereocenters. The summed E-state index contributed by atoms with van der Waals surface area (Å²) in [6.45, 7) is 7.56. The number of nitrogens with zero attached hydrogens (tertiary/aromatic N) is 4. The van der Waals surface area contributed by atoms with Crippen molar-refractivity contribution in [2.24, 2.45) is 0 Å². The molecule has 0 amide bonds. The van der Waals surface area contributed by atoms with Crippen LogP contribution in [0.5, 0.6) is 0 Å². The highest BCUT2D eigenvalue weighted by atomic mass is 16.5. The summed E-state index contributed by atoms with van der Waals surface area (Å²) in [5.74, 6) is 0.636. The molecule has 2 aliphatic rings. The molecule has 7 heteroatoms. The molecular weight excluding hydrogens is 380 g/mol. The first-order chi connectivity index (χ1) is 14.6. The molecule has 0 bridgehead atoms. The minimum atomic E-state index is -0.229. The van der Waals surface area contributed by atoms with Crippen molar-refractivity contribution in [3.8, 4) is 5.82 Å². The van der Waals surface area contributed by atoms with E-state index in [1.807, 2.05) is 42.1 Å². The summed E-state index contributed by atoms with van der Waals surface area (Å²) in [5, 5.41) is 0. The van der Waals surface area contributed by atoms with E-state index in [-0.39, 0.29) is 12.1 Å². The van der Waals surface area contributed by atoms with Gasteiger partial charge in [0.1, 0.15) is 18.8 Å². The highest BCUT2D eigenvalue weighted by molar-refractivity contribution is 5.93. The number of imidazole rings is 1. The van der Waals surface area contributed by atoms with Crippen molar-refractivity contribution in [3.63, 3.8) is 0 Å². The Morgan fingerprint density at radius 1 is 1.17 bits per heavy atom. The van der Waals surface area contributed by atoms with Crippen molar-refractivity contribution in [3.05, 3.63) is 76.5 Å². The van der Waals surface area contributed by atoms with E-state index < -0.39 is 0 Å². The number of benzene rings is 1. The Bertz CT molecular complexity index is 1090. The molecule has 5 rings (SSSR count). The lowest BCUT2D eigenvalue weighted by Crippen LogP contribution is -2.38. The van der Waals surface area contributed by atoms with E-state index in [1.54, 1.807) is 6.33 Å². The fraction of sp³-hybridized carbons (Fsp3) is 0.348. The number of ether oxygens (including phenoxy) is 2. The van der Waals surface area contributed by atoms with Crippen molar-refractivity contribution < 1.29 is 14.3 Å². The van der Waals surface area contributed by atoms with Gasteiger partial charge < -0.3 is 9.47 Å². The second-order valence-electron chi connectivity index (χ2n) is 7.92. The quantitative estimate of drug-likeness (QED) is 0.623. The first-order valence-electron chi connectivity index (χ1n) is 10.2. The van der Waals surface area contributed by atoms with E-state index in [1.165, 1.54) is 5.56 Å². The van der Waals surface area contributed by atoms with Gasteiger partial charge in [0.2, 0.25) is 0 Å². The molecule has 1 aromatic carbocycles. The summed E-state index contributed by atoms with van der Waals surface area (Å²) in [7, 11) is 0. The van der Waals surface area contributed by atoms with Crippen molar-refractivity contribution >= 4 is 5.97 Å². The SMILES string of the molecule is Cc1cn(-c2ccc(CN3CCOC(c4ccc5c(c4C)COC5=O)C3)cn2)cn1. The van der Waals surface area contributed by atoms with Gasteiger partial charge in [0.15, 0.2) is 0 Å². The summed E-state index contributed by atoms with van der Waals surface area (Å²) >= 11 is 0. The van der Waals surface area contributed by atoms with Gasteiger partial charge in [-0.15, -0.1) is 0 Å². The van der Waals surface area contributed by atoms with Crippen LogP contribution in [0.3, 0.4) is 0 Å². The van der Waals surface area contributed by atoms with Gasteiger partial charge in [0.05, 0.1) is 24.0 Å². The fourth-order valence-electron chi connectivity index (χ4n) is 4.22. The molecule has 1 unspecified atom stereocenters. The van der Waals surface area contributed by atoms with Crippen molar-refractivity contribution in [1.29, 1.82) is 0 Å². The normalized spacial score (nSPS) is 19.0. The van der Waals surface area contributed by atoms with Gasteiger partial charge in [-0.05, 0) is 42.7 Å². The molecule has 2 aromatic heterocycles. The number of fused-ring (bicyclic) bond motifs is 1. The van der Waals surface area contributed by atoms with Crippen LogP contribution in [0, 0.1) is 13.8 Å². The van der Waals surface area contributed by atoms with Crippen molar-refractivity contribution in [2.75, 3.05) is 19.7 Å². The number of rotatable bonds is 4. The van der Waals surface area contributed by atoms with Gasteiger partial charge in [-0.2, -0.15) is 0 Å². The average molecular weight is 404 g/mol. The number of hydrogen-bond donors (Lipinski definition) is 0. The minimum Gasteiger partial charge on any atom is -0.457 e. The standard InChI is InChI=1S/C23H24N4O3/c1-15-10-27(14-25-15)22-6-3-17(9-24-22)11-26-7-8-29-21(12-26)18-4-5-19-20(16(18)2)13-30-23(19)28/h3-6,9-10,14,21H,7-8,11-13H2,1-2H3. The highest BCUT2D eigenvalue weighted by Gasteiger charge is 2.29. The fourth-order valence-corrected chi connectivity index (χ4v) is 4.22. The van der Waals surface area contributed by atoms with Gasteiger partial charge in [-0.1, -0.05) is 12.1 Å². The zero-order chi connectivity index (χ0) is 20.7. The second-order valence-corrected chi connectivity index (χ2v) is 7.92. The third-order valence-electron chi connectivity index (χ3n) is 5.90. The van der Waals surface area contributed by atoms with E-state index in [4.69, 9.17) is 9.47 Å². The van der Waals surface area contributed by atoms with Crippen molar-refractivity contribution in [2.45, 2.75) is 33.1 Å². The van der Waals surface area contributed by atoms with E-state index in [2.05, 4.69) is 27.9 Å². The molecule has 0 spiro atoms. The maximum atomic E-state index is 11.8. The predicted octanol–water partition coefficient (Wildman–Crippen LogP) is 3.13. The Labute approximate surface area is 175 Å². The van der Waals surface area contributed by atoms with Crippen LogP contribution in [-0.4, -0.2) is 45.1 Å². The first kappa shape index (κ1) is 19.0. The number of aromatic nitrogens is 3. The predicted molar refractivity (Wildman–Crippen MR) is 110 cm³/mol. The molecule has 7 nitrogen and oxygen atoms in total. The van der Waals surface area contributed by atoms with Crippen LogP contribution < -0.4 is 0 Å². The van der Waals surface area contributed by atoms with Crippen LogP contribution in [0.4, 0.5) is 0 Å². The van der Waals surface area contributed by atoms with Crippen LogP contribution in [0.15, 0.2) is 43.0 Å². The number of morpholine rings is 1. The number of aryl methyl sites for hydroxylation is 1. The molecule has 1 fully saturated rings. The lowest BCUT2D eigenvalue weighted by molar-refractivity contribution is -0.0332. The van der Waals surface area contributed by atoms with Gasteiger partial charge in [0.25, 0.3) is 0 Å². The Hall–Kier alpha value is -3.03. The first-order valence-corrected chi connectivity index (χ1v) is 10.2. The van der Waals surface area contributed by atoms with Crippen LogP contribution in [0.1, 0.15) is 44.4 Å². The molecular formula is C23H24N4O3. The van der Waals surface area contributed by atoms with Gasteiger partial charge in [0, 0.05) is 37.6 Å². The largest absolute Gasteiger partial charge is 0.457 e.